The number of phosphoric ester groups is 1. The fourth-order valence-corrected chi connectivity index (χ4v) is 7.76. The van der Waals surface area contributed by atoms with Crippen LogP contribution in [0.5, 0.6) is 0 Å². The lowest BCUT2D eigenvalue weighted by Gasteiger charge is -2.15. The van der Waals surface area contributed by atoms with Crippen LogP contribution in [-0.4, -0.2) is 54.3 Å². The van der Waals surface area contributed by atoms with E-state index in [-0.39, 0.29) is 32.1 Å². The maximum absolute atomic E-state index is 12.2. The molecule has 0 saturated carbocycles. The number of carbonyl (C=O) groups is 2. The Morgan fingerprint density at radius 3 is 1.33 bits per heavy atom. The van der Waals surface area contributed by atoms with Crippen molar-refractivity contribution in [3.8, 4) is 0 Å². The first-order chi connectivity index (χ1) is 30.8. The van der Waals surface area contributed by atoms with Crippen LogP contribution in [0.3, 0.4) is 0 Å². The number of hydrogen-bond acceptors (Lipinski definition) is 7. The van der Waals surface area contributed by atoms with Crippen molar-refractivity contribution in [2.45, 2.75) is 238 Å². The van der Waals surface area contributed by atoms with Crippen LogP contribution in [0.15, 0.2) is 60.8 Å². The molecule has 2 atom stereocenters. The molecular formula is C53H96NO8P. The van der Waals surface area contributed by atoms with Gasteiger partial charge in [0.15, 0.2) is 0 Å². The number of nitrogens with one attached hydrogen (secondary N) is 1. The summed E-state index contributed by atoms with van der Waals surface area (Å²) in [5.74, 6) is -0.533. The molecule has 2 unspecified atom stereocenters. The molecule has 366 valence electrons. The van der Waals surface area contributed by atoms with Crippen LogP contribution in [0.4, 0.5) is 0 Å². The Labute approximate surface area is 387 Å². The largest absolute Gasteiger partial charge is 0.472 e. The van der Waals surface area contributed by atoms with Crippen molar-refractivity contribution in [1.82, 2.24) is 5.32 Å². The van der Waals surface area contributed by atoms with E-state index in [1.54, 1.807) is 0 Å². The summed E-state index contributed by atoms with van der Waals surface area (Å²) in [6.07, 6.45) is 60.1. The zero-order chi connectivity index (χ0) is 46.0. The molecule has 1 amide bonds. The minimum Gasteiger partial charge on any atom is -0.463 e. The van der Waals surface area contributed by atoms with Gasteiger partial charge < -0.3 is 20.1 Å². The van der Waals surface area contributed by atoms with Gasteiger partial charge in [-0.15, -0.1) is 0 Å². The van der Waals surface area contributed by atoms with Gasteiger partial charge in [0.25, 0.3) is 0 Å². The number of aliphatic hydroxyl groups is 1. The van der Waals surface area contributed by atoms with Gasteiger partial charge in [-0.2, -0.15) is 0 Å². The lowest BCUT2D eigenvalue weighted by atomic mass is 10.0. The Kier molecular flexibility index (Phi) is 47.4. The highest BCUT2D eigenvalue weighted by Crippen LogP contribution is 2.42. The van der Waals surface area contributed by atoms with E-state index in [4.69, 9.17) is 13.8 Å². The summed E-state index contributed by atoms with van der Waals surface area (Å²) in [6, 6.07) is 0. The van der Waals surface area contributed by atoms with E-state index in [1.807, 2.05) is 0 Å². The third kappa shape index (κ3) is 50.6. The maximum Gasteiger partial charge on any atom is 0.472 e. The van der Waals surface area contributed by atoms with Crippen LogP contribution in [0.1, 0.15) is 232 Å². The van der Waals surface area contributed by atoms with Crippen LogP contribution in [0.25, 0.3) is 0 Å². The van der Waals surface area contributed by atoms with E-state index in [0.29, 0.717) is 6.42 Å². The van der Waals surface area contributed by atoms with Crippen molar-refractivity contribution >= 4 is 19.7 Å². The second-order valence-corrected chi connectivity index (χ2v) is 18.6. The Balaban J connectivity index is 3.60. The van der Waals surface area contributed by atoms with Gasteiger partial charge in [-0.05, 0) is 83.5 Å². The van der Waals surface area contributed by atoms with Crippen LogP contribution >= 0.6 is 7.82 Å². The molecule has 9 nitrogen and oxygen atoms in total. The maximum atomic E-state index is 12.2. The normalized spacial score (nSPS) is 13.7. The van der Waals surface area contributed by atoms with Crippen molar-refractivity contribution in [2.24, 2.45) is 0 Å². The van der Waals surface area contributed by atoms with Crippen LogP contribution in [0, 0.1) is 0 Å². The minimum atomic E-state index is -4.43. The number of allylic oxidation sites excluding steroid dienone is 10. The standard InChI is InChI=1S/C53H96NO8P/c1-3-5-7-9-11-13-15-17-19-21-23-25-27-29-31-33-35-37-39-41-43-45-52(56)54-47-48-61-63(58,59)62-50-51(55)49-60-53(57)46-44-42-40-38-36-34-32-30-28-26-24-22-20-18-16-14-12-10-8-6-4-2/h11,13,17-20,23,25,29,31,51,55H,3-10,12,14-16,21-22,24,26-28,30,32-50H2,1-2H3,(H,54,56)(H,58,59)/b13-11-,19-17-,20-18+,25-23-,31-29-. The molecule has 0 aromatic heterocycles. The van der Waals surface area contributed by atoms with Gasteiger partial charge in [0.1, 0.15) is 12.7 Å². The fourth-order valence-electron chi connectivity index (χ4n) is 7.01. The van der Waals surface area contributed by atoms with Crippen molar-refractivity contribution in [2.75, 3.05) is 26.4 Å². The molecular weight excluding hydrogens is 810 g/mol. The minimum absolute atomic E-state index is 0.0693. The van der Waals surface area contributed by atoms with Gasteiger partial charge >= 0.3 is 13.8 Å². The Morgan fingerprint density at radius 1 is 0.492 bits per heavy atom. The first-order valence-electron chi connectivity index (χ1n) is 25.8. The molecule has 10 heteroatoms. The molecule has 0 aliphatic carbocycles. The highest BCUT2D eigenvalue weighted by molar-refractivity contribution is 7.47. The molecule has 0 rings (SSSR count). The van der Waals surface area contributed by atoms with Crippen molar-refractivity contribution < 1.29 is 37.9 Å². The Hall–Kier alpha value is -2.29. The summed E-state index contributed by atoms with van der Waals surface area (Å²) >= 11 is 0. The van der Waals surface area contributed by atoms with Crippen molar-refractivity contribution in [3.63, 3.8) is 0 Å². The van der Waals surface area contributed by atoms with Gasteiger partial charge in [0.05, 0.1) is 13.2 Å². The first-order valence-corrected chi connectivity index (χ1v) is 27.3. The number of phosphoric acid groups is 1. The van der Waals surface area contributed by atoms with Crippen LogP contribution in [-0.2, 0) is 27.9 Å². The number of hydrogen-bond donors (Lipinski definition) is 3. The van der Waals surface area contributed by atoms with Crippen LogP contribution < -0.4 is 5.32 Å². The highest BCUT2D eigenvalue weighted by atomic mass is 31.2. The summed E-state index contributed by atoms with van der Waals surface area (Å²) < 4.78 is 27.0. The summed E-state index contributed by atoms with van der Waals surface area (Å²) in [6.45, 7) is 3.52. The van der Waals surface area contributed by atoms with E-state index in [0.717, 1.165) is 77.0 Å². The van der Waals surface area contributed by atoms with E-state index < -0.39 is 26.5 Å². The first kappa shape index (κ1) is 60.7. The SMILES string of the molecule is CCCCC/C=C\C/C=C\C/C=C\C/C=C\CCCCCCCC(=O)NCCOP(=O)(O)OCC(O)COC(=O)CCCCCCCCCCCCC/C=C/CCCCCCCC. The quantitative estimate of drug-likeness (QED) is 0.0238. The van der Waals surface area contributed by atoms with Crippen molar-refractivity contribution in [3.05, 3.63) is 60.8 Å². The zero-order valence-electron chi connectivity index (χ0n) is 40.5. The Bertz CT molecular complexity index is 1220. The molecule has 0 bridgehead atoms. The molecule has 0 fully saturated rings. The number of esters is 1. The average molecular weight is 906 g/mol. The summed E-state index contributed by atoms with van der Waals surface area (Å²) in [7, 11) is -4.43. The molecule has 0 heterocycles. The molecule has 0 aliphatic heterocycles. The number of carbonyl (C=O) groups excluding carboxylic acids is 2. The third-order valence-corrected chi connectivity index (χ3v) is 11.9. The third-order valence-electron chi connectivity index (χ3n) is 10.9. The highest BCUT2D eigenvalue weighted by Gasteiger charge is 2.23. The number of unbranched alkanes of at least 4 members (excludes halogenated alkanes) is 25. The van der Waals surface area contributed by atoms with E-state index in [9.17, 15) is 24.2 Å². The molecule has 0 saturated heterocycles. The van der Waals surface area contributed by atoms with Gasteiger partial charge in [-0.1, -0.05) is 197 Å². The monoisotopic (exact) mass is 906 g/mol. The fraction of sp³-hybridized carbons (Fsp3) is 0.774. The molecule has 0 spiro atoms. The second-order valence-electron chi connectivity index (χ2n) is 17.1. The zero-order valence-corrected chi connectivity index (χ0v) is 41.4. The number of rotatable bonds is 48. The van der Waals surface area contributed by atoms with E-state index >= 15 is 0 Å². The van der Waals surface area contributed by atoms with Crippen LogP contribution in [0.2, 0.25) is 0 Å². The summed E-state index contributed by atoms with van der Waals surface area (Å²) in [4.78, 5) is 34.1. The molecule has 0 aromatic rings. The number of amides is 1. The molecule has 0 aliphatic rings. The predicted molar refractivity (Wildman–Crippen MR) is 266 cm³/mol. The number of aliphatic hydroxyl groups excluding tert-OH is 1. The topological polar surface area (TPSA) is 131 Å². The predicted octanol–water partition coefficient (Wildman–Crippen LogP) is 15.2. The molecule has 63 heavy (non-hydrogen) atoms. The summed E-state index contributed by atoms with van der Waals surface area (Å²) in [5, 5.41) is 12.7. The van der Waals surface area contributed by atoms with E-state index in [2.05, 4.69) is 79.9 Å². The average Bonchev–Trinajstić information content (AvgIpc) is 3.27. The van der Waals surface area contributed by atoms with Gasteiger partial charge in [0, 0.05) is 19.4 Å². The van der Waals surface area contributed by atoms with Crippen molar-refractivity contribution in [1.29, 1.82) is 0 Å². The van der Waals surface area contributed by atoms with Gasteiger partial charge in [-0.3, -0.25) is 18.6 Å². The van der Waals surface area contributed by atoms with Gasteiger partial charge in [0.2, 0.25) is 5.91 Å². The Morgan fingerprint density at radius 2 is 0.857 bits per heavy atom. The smallest absolute Gasteiger partial charge is 0.463 e. The molecule has 0 aromatic carbocycles. The van der Waals surface area contributed by atoms with E-state index in [1.165, 1.54) is 128 Å². The lowest BCUT2D eigenvalue weighted by molar-refractivity contribution is -0.147. The summed E-state index contributed by atoms with van der Waals surface area (Å²) in [5.41, 5.74) is 0. The lowest BCUT2D eigenvalue weighted by Crippen LogP contribution is -2.27. The second kappa shape index (κ2) is 49.2. The van der Waals surface area contributed by atoms with Gasteiger partial charge in [-0.25, -0.2) is 4.57 Å². The molecule has 0 radical (unpaired) electrons. The molecule has 3 N–H and O–H groups in total. The number of ether oxygens (including phenoxy) is 1.